The molecule has 1 aliphatic carbocycles. The van der Waals surface area contributed by atoms with Crippen molar-refractivity contribution in [2.45, 2.75) is 116 Å². The van der Waals surface area contributed by atoms with E-state index in [1.165, 1.54) is 38.5 Å². The zero-order valence-corrected chi connectivity index (χ0v) is 20.8. The molecule has 1 saturated heterocycles. The Kier molecular flexibility index (Phi) is 17.6. The second-order valence-corrected chi connectivity index (χ2v) is 8.30. The van der Waals surface area contributed by atoms with E-state index < -0.39 is 18.0 Å². The summed E-state index contributed by atoms with van der Waals surface area (Å²) in [5.41, 5.74) is 11.3. The number of cyclic esters (lactones) is 1. The van der Waals surface area contributed by atoms with Crippen LogP contribution in [-0.4, -0.2) is 39.5 Å². The summed E-state index contributed by atoms with van der Waals surface area (Å²) in [6.07, 6.45) is 12.7. The van der Waals surface area contributed by atoms with Crippen LogP contribution in [-0.2, 0) is 39.3 Å². The summed E-state index contributed by atoms with van der Waals surface area (Å²) in [4.78, 5) is 35.3. The van der Waals surface area contributed by atoms with Crippen molar-refractivity contribution in [3.63, 3.8) is 0 Å². The molecule has 2 aliphatic rings. The molecule has 8 heteroatoms. The number of ketones is 2. The standard InChI is InChI=1S/C16H26O4.C6H14N2.H2O.Pt/c1-3-4-5-6-7-8-9-10-13(17)15-14(18)11-12(2)20-16(15)19;7-5-3-1-2-4-6(5)8;;/h12,15H,3-11H2,1-2H3;5-6H,1-4,7-8H2;1H2;/q;;;+1/p-1/t;5-,6-;;/m.1../s1. The fraction of sp³-hybridized carbons (Fsp3) is 0.864. The van der Waals surface area contributed by atoms with Gasteiger partial charge in [0.15, 0.2) is 17.5 Å². The molecular weight excluding hydrogens is 567 g/mol. The minimum absolute atomic E-state index is 0.166. The molecule has 4 atom stereocenters. The Morgan fingerprint density at radius 2 is 1.50 bits per heavy atom. The van der Waals surface area contributed by atoms with Crippen molar-refractivity contribution in [3.05, 3.63) is 0 Å². The number of nitrogens with two attached hydrogens (primary N) is 2. The van der Waals surface area contributed by atoms with Gasteiger partial charge in [0.05, 0.1) is 0 Å². The van der Waals surface area contributed by atoms with E-state index in [-0.39, 0.29) is 30.1 Å². The number of rotatable bonds is 9. The number of hydrogen-bond acceptors (Lipinski definition) is 7. The van der Waals surface area contributed by atoms with Crippen LogP contribution in [0.2, 0.25) is 0 Å². The van der Waals surface area contributed by atoms with E-state index in [0.29, 0.717) is 6.42 Å². The van der Waals surface area contributed by atoms with Crippen LogP contribution in [0.3, 0.4) is 0 Å². The predicted molar refractivity (Wildman–Crippen MR) is 113 cm³/mol. The quantitative estimate of drug-likeness (QED) is 0.208. The molecule has 1 heterocycles. The third-order valence-electron chi connectivity index (χ3n) is 5.59. The van der Waals surface area contributed by atoms with Crippen molar-refractivity contribution < 1.29 is 43.1 Å². The molecule has 2 rings (SSSR count). The molecule has 2 fully saturated rings. The first-order chi connectivity index (χ1) is 14.4. The SMILES string of the molecule is CCCCCCCCCC(=O)C1C(=O)CC(C)OC1=O.N[C@@H]1CCCC[C@H]1N.[OH][Pt]. The van der Waals surface area contributed by atoms with Crippen molar-refractivity contribution in [3.8, 4) is 0 Å². The third-order valence-corrected chi connectivity index (χ3v) is 5.59. The van der Waals surface area contributed by atoms with Crippen LogP contribution in [0.4, 0.5) is 0 Å². The zero-order chi connectivity index (χ0) is 22.9. The van der Waals surface area contributed by atoms with Gasteiger partial charge in [0, 0.05) is 24.9 Å². The molecule has 0 radical (unpaired) electrons. The molecule has 179 valence electrons. The van der Waals surface area contributed by atoms with Crippen molar-refractivity contribution in [2.75, 3.05) is 0 Å². The summed E-state index contributed by atoms with van der Waals surface area (Å²) in [5.74, 6) is -2.34. The molecule has 2 unspecified atom stereocenters. The van der Waals surface area contributed by atoms with E-state index in [2.05, 4.69) is 6.92 Å². The fourth-order valence-corrected chi connectivity index (χ4v) is 3.74. The molecule has 5 N–H and O–H groups in total. The Hall–Kier alpha value is -0.622. The van der Waals surface area contributed by atoms with Gasteiger partial charge >= 0.3 is 29.9 Å². The maximum absolute atomic E-state index is 11.9. The van der Waals surface area contributed by atoms with Gasteiger partial charge in [0.2, 0.25) is 0 Å². The second kappa shape index (κ2) is 18.0. The number of carbonyl (C=O) groups is 3. The predicted octanol–water partition coefficient (Wildman–Crippen LogP) is 2.87. The monoisotopic (exact) mass is 608 g/mol. The van der Waals surface area contributed by atoms with E-state index in [1.54, 1.807) is 6.92 Å². The summed E-state index contributed by atoms with van der Waals surface area (Å²) in [6.45, 7) is 3.85. The Balaban J connectivity index is 0.000000696. The van der Waals surface area contributed by atoms with E-state index in [4.69, 9.17) is 20.0 Å². The Labute approximate surface area is 193 Å². The van der Waals surface area contributed by atoms with Crippen LogP contribution in [0.25, 0.3) is 0 Å². The van der Waals surface area contributed by atoms with Crippen LogP contribution < -0.4 is 11.5 Å². The number of ether oxygens (including phenoxy) is 1. The minimum atomic E-state index is -1.15. The van der Waals surface area contributed by atoms with Crippen molar-refractivity contribution in [1.82, 2.24) is 0 Å². The summed E-state index contributed by atoms with van der Waals surface area (Å²) >= 11 is 1.14. The number of esters is 1. The summed E-state index contributed by atoms with van der Waals surface area (Å²) < 4.78 is 12.0. The van der Waals surface area contributed by atoms with Gasteiger partial charge in [-0.25, -0.2) is 0 Å². The molecular formula is C22H41N2O5Pt. The zero-order valence-electron chi connectivity index (χ0n) is 18.6. The van der Waals surface area contributed by atoms with Gasteiger partial charge in [-0.05, 0) is 26.2 Å². The molecule has 7 nitrogen and oxygen atoms in total. The second-order valence-electron chi connectivity index (χ2n) is 8.30. The van der Waals surface area contributed by atoms with E-state index in [9.17, 15) is 14.4 Å². The van der Waals surface area contributed by atoms with Gasteiger partial charge in [-0.15, -0.1) is 0 Å². The first-order valence-corrected chi connectivity index (χ1v) is 12.3. The molecule has 0 aromatic rings. The molecule has 0 aromatic carbocycles. The van der Waals surface area contributed by atoms with Gasteiger partial charge in [-0.1, -0.05) is 58.3 Å². The third kappa shape index (κ3) is 12.3. The first kappa shape index (κ1) is 29.4. The topological polar surface area (TPSA) is 133 Å². The first-order valence-electron chi connectivity index (χ1n) is 11.3. The van der Waals surface area contributed by atoms with Gasteiger partial charge < -0.3 is 16.2 Å². The molecule has 30 heavy (non-hydrogen) atoms. The molecule has 0 bridgehead atoms. The van der Waals surface area contributed by atoms with Crippen molar-refractivity contribution in [1.29, 1.82) is 0 Å². The van der Waals surface area contributed by atoms with Gasteiger partial charge in [0.1, 0.15) is 6.10 Å². The van der Waals surface area contributed by atoms with Gasteiger partial charge in [-0.3, -0.25) is 14.4 Å². The Morgan fingerprint density at radius 3 is 1.97 bits per heavy atom. The van der Waals surface area contributed by atoms with Crippen LogP contribution >= 0.6 is 0 Å². The molecule has 0 amide bonds. The Bertz CT molecular complexity index is 476. The molecule has 1 saturated carbocycles. The summed E-state index contributed by atoms with van der Waals surface area (Å²) in [6, 6.07) is 0.562. The molecule has 0 spiro atoms. The fourth-order valence-electron chi connectivity index (χ4n) is 3.74. The van der Waals surface area contributed by atoms with Crippen LogP contribution in [0.5, 0.6) is 0 Å². The van der Waals surface area contributed by atoms with E-state index >= 15 is 0 Å². The van der Waals surface area contributed by atoms with Crippen LogP contribution in [0.1, 0.15) is 97.3 Å². The number of unbranched alkanes of at least 4 members (excludes halogenated alkanes) is 6. The number of hydrogen-bond donors (Lipinski definition) is 3. The van der Waals surface area contributed by atoms with E-state index in [1.807, 2.05) is 0 Å². The number of Topliss-reactive ketones (excluding diaryl/α,β-unsaturated/α-hetero) is 2. The maximum atomic E-state index is 11.9. The van der Waals surface area contributed by atoms with Gasteiger partial charge in [-0.2, -0.15) is 0 Å². The summed E-state index contributed by atoms with van der Waals surface area (Å²) in [7, 11) is 0. The average molecular weight is 609 g/mol. The van der Waals surface area contributed by atoms with Crippen molar-refractivity contribution in [2.24, 2.45) is 17.4 Å². The molecule has 0 aromatic heterocycles. The van der Waals surface area contributed by atoms with Crippen LogP contribution in [0.15, 0.2) is 0 Å². The van der Waals surface area contributed by atoms with Crippen molar-refractivity contribution >= 4 is 17.5 Å². The van der Waals surface area contributed by atoms with Crippen LogP contribution in [0, 0.1) is 5.92 Å². The van der Waals surface area contributed by atoms with Gasteiger partial charge in [0.25, 0.3) is 0 Å². The number of carbonyl (C=O) groups excluding carboxylic acids is 3. The van der Waals surface area contributed by atoms with E-state index in [0.717, 1.165) is 52.3 Å². The molecule has 1 aliphatic heterocycles. The summed E-state index contributed by atoms with van der Waals surface area (Å²) in [5, 5.41) is 0. The Morgan fingerprint density at radius 1 is 1.00 bits per heavy atom. The normalized spacial score (nSPS) is 26.0. The average Bonchev–Trinajstić information content (AvgIpc) is 2.71.